The maximum absolute atomic E-state index is 6.50. The van der Waals surface area contributed by atoms with Crippen molar-refractivity contribution in [2.45, 2.75) is 19.5 Å². The molecule has 5 nitrogen and oxygen atoms in total. The van der Waals surface area contributed by atoms with E-state index >= 15 is 0 Å². The van der Waals surface area contributed by atoms with Crippen LogP contribution < -0.4 is 10.2 Å². The summed E-state index contributed by atoms with van der Waals surface area (Å²) in [4.78, 5) is 13.3. The highest BCUT2D eigenvalue weighted by Crippen LogP contribution is 2.29. The van der Waals surface area contributed by atoms with Crippen LogP contribution in [0.25, 0.3) is 0 Å². The highest BCUT2D eigenvalue weighted by Gasteiger charge is 2.19. The Balaban J connectivity index is 1.73. The summed E-state index contributed by atoms with van der Waals surface area (Å²) >= 11 is 6.50. The van der Waals surface area contributed by atoms with Gasteiger partial charge >= 0.3 is 0 Å². The molecular weight excluding hydrogens is 322 g/mol. The van der Waals surface area contributed by atoms with Gasteiger partial charge in [0.15, 0.2) is 0 Å². The zero-order valence-corrected chi connectivity index (χ0v) is 15.0. The molecule has 1 aromatic heterocycles. The minimum atomic E-state index is 0.121. The van der Waals surface area contributed by atoms with Crippen molar-refractivity contribution in [3.63, 3.8) is 0 Å². The molecule has 1 atom stereocenters. The Hall–Kier alpha value is -1.69. The smallest absolute Gasteiger partial charge is 0.0753 e. The van der Waals surface area contributed by atoms with Crippen molar-refractivity contribution in [1.29, 1.82) is 0 Å². The normalized spacial score (nSPS) is 17.0. The second-order valence-corrected chi connectivity index (χ2v) is 6.67. The minimum absolute atomic E-state index is 0.121. The van der Waals surface area contributed by atoms with Crippen molar-refractivity contribution in [3.05, 3.63) is 53.1 Å². The van der Waals surface area contributed by atoms with Gasteiger partial charge in [-0.2, -0.15) is 0 Å². The van der Waals surface area contributed by atoms with Crippen LogP contribution >= 0.6 is 11.6 Å². The van der Waals surface area contributed by atoms with Gasteiger partial charge in [0, 0.05) is 73.6 Å². The Bertz CT molecular complexity index is 656. The van der Waals surface area contributed by atoms with Crippen molar-refractivity contribution in [3.8, 4) is 0 Å². The highest BCUT2D eigenvalue weighted by atomic mass is 35.5. The van der Waals surface area contributed by atoms with Gasteiger partial charge < -0.3 is 15.1 Å². The van der Waals surface area contributed by atoms with Crippen LogP contribution in [-0.2, 0) is 6.54 Å². The molecular formula is C18H24ClN5. The molecule has 1 fully saturated rings. The maximum atomic E-state index is 6.50. The number of hydrogen-bond donors (Lipinski definition) is 1. The molecule has 6 heteroatoms. The molecule has 1 N–H and O–H groups in total. The predicted octanol–water partition coefficient (Wildman–Crippen LogP) is 2.73. The molecule has 2 aromatic rings. The summed E-state index contributed by atoms with van der Waals surface area (Å²) in [6.45, 7) is 7.02. The Morgan fingerprint density at radius 1 is 1.21 bits per heavy atom. The van der Waals surface area contributed by atoms with Crippen LogP contribution in [0.3, 0.4) is 0 Å². The van der Waals surface area contributed by atoms with E-state index in [1.807, 2.05) is 12.1 Å². The molecule has 0 bridgehead atoms. The Morgan fingerprint density at radius 3 is 2.71 bits per heavy atom. The van der Waals surface area contributed by atoms with Crippen LogP contribution in [0.5, 0.6) is 0 Å². The van der Waals surface area contributed by atoms with E-state index in [1.165, 1.54) is 5.69 Å². The second-order valence-electron chi connectivity index (χ2n) is 6.26. The summed E-state index contributed by atoms with van der Waals surface area (Å²) in [6.07, 6.45) is 5.21. The Morgan fingerprint density at radius 2 is 2.00 bits per heavy atom. The third kappa shape index (κ3) is 4.04. The third-order valence-corrected chi connectivity index (χ3v) is 4.90. The Kier molecular flexibility index (Phi) is 5.66. The fourth-order valence-corrected chi connectivity index (χ4v) is 3.20. The highest BCUT2D eigenvalue weighted by molar-refractivity contribution is 6.31. The molecule has 1 saturated heterocycles. The molecule has 0 unspecified atom stereocenters. The second kappa shape index (κ2) is 7.92. The van der Waals surface area contributed by atoms with Gasteiger partial charge in [-0.3, -0.25) is 9.97 Å². The largest absolute Gasteiger partial charge is 0.369 e. The number of anilines is 1. The first-order valence-electron chi connectivity index (χ1n) is 8.35. The number of hydrogen-bond acceptors (Lipinski definition) is 5. The number of aromatic nitrogens is 2. The molecule has 3 rings (SSSR count). The molecule has 1 aliphatic heterocycles. The van der Waals surface area contributed by atoms with Gasteiger partial charge in [-0.1, -0.05) is 17.7 Å². The monoisotopic (exact) mass is 345 g/mol. The zero-order valence-electron chi connectivity index (χ0n) is 14.2. The molecule has 1 aromatic carbocycles. The minimum Gasteiger partial charge on any atom is -0.369 e. The van der Waals surface area contributed by atoms with E-state index in [2.05, 4.69) is 45.1 Å². The van der Waals surface area contributed by atoms with Gasteiger partial charge in [0.2, 0.25) is 0 Å². The molecule has 0 aliphatic carbocycles. The van der Waals surface area contributed by atoms with E-state index in [0.29, 0.717) is 6.54 Å². The first-order valence-corrected chi connectivity index (χ1v) is 8.73. The van der Waals surface area contributed by atoms with Crippen LogP contribution in [-0.4, -0.2) is 48.1 Å². The van der Waals surface area contributed by atoms with Crippen LogP contribution in [0.15, 0.2) is 36.8 Å². The lowest BCUT2D eigenvalue weighted by molar-refractivity contribution is 0.312. The van der Waals surface area contributed by atoms with Gasteiger partial charge in [0.1, 0.15) is 0 Å². The van der Waals surface area contributed by atoms with E-state index < -0.39 is 0 Å². The lowest BCUT2D eigenvalue weighted by Crippen LogP contribution is -2.45. The molecule has 128 valence electrons. The molecule has 2 heterocycles. The molecule has 24 heavy (non-hydrogen) atoms. The summed E-state index contributed by atoms with van der Waals surface area (Å²) in [6, 6.07) is 6.29. The van der Waals surface area contributed by atoms with Crippen LogP contribution in [0.1, 0.15) is 24.2 Å². The molecule has 0 amide bonds. The summed E-state index contributed by atoms with van der Waals surface area (Å²) in [5.74, 6) is 0. The number of nitrogens with one attached hydrogen (secondary N) is 1. The van der Waals surface area contributed by atoms with Crippen LogP contribution in [0.2, 0.25) is 5.02 Å². The fraction of sp³-hybridized carbons (Fsp3) is 0.444. The van der Waals surface area contributed by atoms with Gasteiger partial charge in [0.05, 0.1) is 5.69 Å². The SMILES string of the molecule is C[C@@H](NCc1c(Cl)cccc1N1CCN(C)CC1)c1cnccn1. The van der Waals surface area contributed by atoms with Crippen molar-refractivity contribution in [2.75, 3.05) is 38.1 Å². The number of rotatable bonds is 5. The van der Waals surface area contributed by atoms with Crippen molar-refractivity contribution in [2.24, 2.45) is 0 Å². The standard InChI is InChI=1S/C18H24ClN5/c1-14(17-13-20-6-7-21-17)22-12-15-16(19)4-3-5-18(15)24-10-8-23(2)9-11-24/h3-7,13-14,22H,8-12H2,1-2H3/t14-/m1/s1. The first kappa shape index (κ1) is 17.1. The van der Waals surface area contributed by atoms with Crippen LogP contribution in [0.4, 0.5) is 5.69 Å². The summed E-state index contributed by atoms with van der Waals surface area (Å²) in [7, 11) is 2.17. The zero-order chi connectivity index (χ0) is 16.9. The molecule has 0 spiro atoms. The van der Waals surface area contributed by atoms with E-state index in [9.17, 15) is 0 Å². The number of nitrogens with zero attached hydrogens (tertiary/aromatic N) is 4. The van der Waals surface area contributed by atoms with E-state index in [0.717, 1.165) is 42.5 Å². The van der Waals surface area contributed by atoms with E-state index in [-0.39, 0.29) is 6.04 Å². The van der Waals surface area contributed by atoms with Gasteiger partial charge in [-0.05, 0) is 26.1 Å². The summed E-state index contributed by atoms with van der Waals surface area (Å²) < 4.78 is 0. The van der Waals surface area contributed by atoms with Crippen molar-refractivity contribution < 1.29 is 0 Å². The quantitative estimate of drug-likeness (QED) is 0.902. The predicted molar refractivity (Wildman–Crippen MR) is 98.4 cm³/mol. The molecule has 0 saturated carbocycles. The Labute approximate surface area is 148 Å². The lowest BCUT2D eigenvalue weighted by Gasteiger charge is -2.35. The van der Waals surface area contributed by atoms with Crippen LogP contribution in [0, 0.1) is 0 Å². The number of likely N-dealkylation sites (N-methyl/N-ethyl adjacent to an activating group) is 1. The van der Waals surface area contributed by atoms with Gasteiger partial charge in [-0.15, -0.1) is 0 Å². The first-order chi connectivity index (χ1) is 11.6. The van der Waals surface area contributed by atoms with Crippen molar-refractivity contribution in [1.82, 2.24) is 20.2 Å². The number of benzene rings is 1. The van der Waals surface area contributed by atoms with Gasteiger partial charge in [-0.25, -0.2) is 0 Å². The average molecular weight is 346 g/mol. The summed E-state index contributed by atoms with van der Waals surface area (Å²) in [5.41, 5.74) is 3.32. The van der Waals surface area contributed by atoms with E-state index in [4.69, 9.17) is 11.6 Å². The summed E-state index contributed by atoms with van der Waals surface area (Å²) in [5, 5.41) is 4.33. The number of piperazine rings is 1. The number of halogens is 1. The van der Waals surface area contributed by atoms with E-state index in [1.54, 1.807) is 18.6 Å². The average Bonchev–Trinajstić information content (AvgIpc) is 2.62. The maximum Gasteiger partial charge on any atom is 0.0753 e. The van der Waals surface area contributed by atoms with Gasteiger partial charge in [0.25, 0.3) is 0 Å². The molecule has 0 radical (unpaired) electrons. The third-order valence-electron chi connectivity index (χ3n) is 4.55. The fourth-order valence-electron chi connectivity index (χ4n) is 2.96. The molecule has 1 aliphatic rings. The van der Waals surface area contributed by atoms with Crippen molar-refractivity contribution >= 4 is 17.3 Å². The lowest BCUT2D eigenvalue weighted by atomic mass is 10.1. The topological polar surface area (TPSA) is 44.3 Å².